The minimum atomic E-state index is -3.10. The number of likely N-dealkylation sites (tertiary alicyclic amines) is 1. The lowest BCUT2D eigenvalue weighted by atomic mass is 9.80. The Bertz CT molecular complexity index is 1230. The molecule has 39 heavy (non-hydrogen) atoms. The zero-order valence-corrected chi connectivity index (χ0v) is 23.0. The van der Waals surface area contributed by atoms with Gasteiger partial charge in [0.1, 0.15) is 11.5 Å². The van der Waals surface area contributed by atoms with Crippen LogP contribution in [0.25, 0.3) is 10.4 Å². The van der Waals surface area contributed by atoms with E-state index in [-0.39, 0.29) is 39.5 Å². The van der Waals surface area contributed by atoms with Crippen molar-refractivity contribution >= 4 is 29.0 Å². The molecule has 2 aromatic heterocycles. The lowest BCUT2D eigenvalue weighted by Gasteiger charge is -2.32. The van der Waals surface area contributed by atoms with Crippen molar-refractivity contribution in [3.05, 3.63) is 28.5 Å². The van der Waals surface area contributed by atoms with Crippen LogP contribution < -0.4 is 10.6 Å². The van der Waals surface area contributed by atoms with Crippen molar-refractivity contribution in [2.45, 2.75) is 83.4 Å². The molecular weight excluding hydrogens is 538 g/mol. The molecule has 1 aliphatic carbocycles. The van der Waals surface area contributed by atoms with Gasteiger partial charge in [-0.05, 0) is 52.5 Å². The maximum Gasteiger partial charge on any atom is 0.280 e. The van der Waals surface area contributed by atoms with Gasteiger partial charge >= 0.3 is 0 Å². The lowest BCUT2D eigenvalue weighted by molar-refractivity contribution is 0.0118. The van der Waals surface area contributed by atoms with Crippen LogP contribution in [0.2, 0.25) is 0 Å². The van der Waals surface area contributed by atoms with Gasteiger partial charge in [0.15, 0.2) is 5.01 Å². The van der Waals surface area contributed by atoms with Crippen molar-refractivity contribution in [2.75, 3.05) is 18.4 Å². The van der Waals surface area contributed by atoms with E-state index in [0.29, 0.717) is 17.3 Å². The Morgan fingerprint density at radius 3 is 2.54 bits per heavy atom. The van der Waals surface area contributed by atoms with Crippen molar-refractivity contribution in [1.82, 2.24) is 20.2 Å². The largest absolute Gasteiger partial charge is 0.389 e. The maximum absolute atomic E-state index is 14.3. The zero-order valence-electron chi connectivity index (χ0n) is 22.2. The maximum atomic E-state index is 14.3. The highest BCUT2D eigenvalue weighted by atomic mass is 32.1. The number of hydrogen-bond acceptors (Lipinski definition) is 7. The van der Waals surface area contributed by atoms with Gasteiger partial charge in [0.05, 0.1) is 17.0 Å². The summed E-state index contributed by atoms with van der Waals surface area (Å²) in [5.74, 6) is -4.03. The molecule has 1 unspecified atom stereocenters. The fraction of sp³-hybridized carbons (Fsp3) is 0.615. The molecule has 8 nitrogen and oxygen atoms in total. The molecule has 13 heteroatoms. The first-order valence-electron chi connectivity index (χ1n) is 12.9. The monoisotopic (exact) mass is 571 g/mol. The van der Waals surface area contributed by atoms with Gasteiger partial charge in [-0.15, -0.1) is 11.3 Å². The minimum Gasteiger partial charge on any atom is -0.389 e. The zero-order chi connectivity index (χ0) is 28.7. The number of pyridine rings is 1. The van der Waals surface area contributed by atoms with E-state index in [1.54, 1.807) is 0 Å². The number of nitrogens with zero attached hydrogens (tertiary/aromatic N) is 3. The number of aliphatic hydroxyl groups is 1. The van der Waals surface area contributed by atoms with Crippen LogP contribution in [-0.4, -0.2) is 68.5 Å². The number of carbonyl (C=O) groups excluding carboxylic acids is 2. The van der Waals surface area contributed by atoms with Gasteiger partial charge in [-0.3, -0.25) is 9.59 Å². The first kappa shape index (κ1) is 29.2. The molecule has 2 aliphatic rings. The van der Waals surface area contributed by atoms with E-state index in [4.69, 9.17) is 0 Å². The molecule has 3 N–H and O–H groups in total. The Labute approximate surface area is 228 Å². The number of halogens is 4. The standard InChI is InChI=1S/C26H33F4N5O3S/c1-13-9-26(29,30)12-35(13)24(37)19-20(39-23(34-19)22(36)32-11-25(3,4)38)17-10-31-18(8-16(17)21(27)28)33-14(2)15-6-5-7-15/h8,10,13-15,21,38H,5-7,9,11-12H2,1-4H3,(H,31,33)(H,32,36)/t13-,14?/m0/s1. The second-order valence-corrected chi connectivity index (χ2v) is 12.1. The van der Waals surface area contributed by atoms with Gasteiger partial charge in [-0.1, -0.05) is 6.42 Å². The number of nitrogens with one attached hydrogen (secondary N) is 2. The highest BCUT2D eigenvalue weighted by Crippen LogP contribution is 2.40. The molecule has 4 rings (SSSR count). The Morgan fingerprint density at radius 1 is 1.31 bits per heavy atom. The molecule has 0 spiro atoms. The highest BCUT2D eigenvalue weighted by Gasteiger charge is 2.46. The summed E-state index contributed by atoms with van der Waals surface area (Å²) in [4.78, 5) is 35.6. The molecule has 0 bridgehead atoms. The van der Waals surface area contributed by atoms with Crippen LogP contribution in [0.5, 0.6) is 0 Å². The number of carbonyl (C=O) groups is 2. The first-order chi connectivity index (χ1) is 18.1. The van der Waals surface area contributed by atoms with Crippen LogP contribution in [0.1, 0.15) is 85.7 Å². The average Bonchev–Trinajstić information content (AvgIpc) is 3.35. The Morgan fingerprint density at radius 2 is 2.00 bits per heavy atom. The van der Waals surface area contributed by atoms with Crippen molar-refractivity contribution in [3.8, 4) is 10.4 Å². The Hall–Kier alpha value is -2.80. The van der Waals surface area contributed by atoms with Gasteiger partial charge < -0.3 is 20.6 Å². The normalized spacial score (nSPS) is 20.2. The molecule has 0 radical (unpaired) electrons. The molecule has 2 fully saturated rings. The number of thiazole rings is 1. The quantitative estimate of drug-likeness (QED) is 0.361. The summed E-state index contributed by atoms with van der Waals surface area (Å²) < 4.78 is 56.8. The number of aromatic nitrogens is 2. The van der Waals surface area contributed by atoms with E-state index in [2.05, 4.69) is 20.6 Å². The van der Waals surface area contributed by atoms with Crippen molar-refractivity contribution in [2.24, 2.45) is 5.92 Å². The summed E-state index contributed by atoms with van der Waals surface area (Å²) in [7, 11) is 0. The van der Waals surface area contributed by atoms with E-state index >= 15 is 0 Å². The summed E-state index contributed by atoms with van der Waals surface area (Å²) in [5, 5.41) is 15.4. The SMILES string of the molecule is CC(Nc1cc(C(F)F)c(-c2sc(C(=O)NCC(C)(C)O)nc2C(=O)N2CC(F)(F)C[C@@H]2C)cn1)C1CCC1. The molecule has 2 atom stereocenters. The fourth-order valence-electron chi connectivity index (χ4n) is 4.75. The van der Waals surface area contributed by atoms with Gasteiger partial charge in [-0.2, -0.15) is 0 Å². The summed E-state index contributed by atoms with van der Waals surface area (Å²) in [5.41, 5.74) is -2.13. The molecule has 1 aliphatic heterocycles. The number of amides is 2. The van der Waals surface area contributed by atoms with E-state index < -0.39 is 54.3 Å². The van der Waals surface area contributed by atoms with Crippen LogP contribution in [0.4, 0.5) is 23.4 Å². The van der Waals surface area contributed by atoms with Gasteiger partial charge in [0.25, 0.3) is 24.2 Å². The highest BCUT2D eigenvalue weighted by molar-refractivity contribution is 7.17. The Kier molecular flexibility index (Phi) is 8.23. The molecule has 3 heterocycles. The summed E-state index contributed by atoms with van der Waals surface area (Å²) in [6.45, 7) is 5.42. The van der Waals surface area contributed by atoms with Crippen LogP contribution in [0.3, 0.4) is 0 Å². The second kappa shape index (κ2) is 11.0. The van der Waals surface area contributed by atoms with Crippen molar-refractivity contribution < 1.29 is 32.3 Å². The summed E-state index contributed by atoms with van der Waals surface area (Å²) in [6, 6.07) is 0.429. The van der Waals surface area contributed by atoms with Gasteiger partial charge in [0, 0.05) is 42.4 Å². The fourth-order valence-corrected chi connectivity index (χ4v) is 5.75. The first-order valence-corrected chi connectivity index (χ1v) is 13.7. The number of anilines is 1. The van der Waals surface area contributed by atoms with Crippen LogP contribution in [-0.2, 0) is 0 Å². The van der Waals surface area contributed by atoms with E-state index in [1.807, 2.05) is 6.92 Å². The van der Waals surface area contributed by atoms with E-state index in [9.17, 15) is 32.3 Å². The van der Waals surface area contributed by atoms with Gasteiger partial charge in [-0.25, -0.2) is 27.5 Å². The number of hydrogen-bond donors (Lipinski definition) is 3. The smallest absolute Gasteiger partial charge is 0.280 e. The molecule has 2 amide bonds. The predicted molar refractivity (Wildman–Crippen MR) is 139 cm³/mol. The molecule has 1 saturated carbocycles. The van der Waals surface area contributed by atoms with E-state index in [0.717, 1.165) is 24.2 Å². The lowest BCUT2D eigenvalue weighted by Crippen LogP contribution is -2.38. The topological polar surface area (TPSA) is 107 Å². The third-order valence-corrected chi connectivity index (χ3v) is 8.23. The second-order valence-electron chi connectivity index (χ2n) is 11.1. The molecular formula is C26H33F4N5O3S. The van der Waals surface area contributed by atoms with E-state index in [1.165, 1.54) is 33.0 Å². The molecule has 1 saturated heterocycles. The Balaban J connectivity index is 1.73. The number of rotatable bonds is 9. The van der Waals surface area contributed by atoms with Crippen LogP contribution in [0, 0.1) is 5.92 Å². The van der Waals surface area contributed by atoms with Crippen LogP contribution >= 0.6 is 11.3 Å². The average molecular weight is 572 g/mol. The minimum absolute atomic E-state index is 0.0348. The summed E-state index contributed by atoms with van der Waals surface area (Å²) in [6.07, 6.45) is 0.929. The van der Waals surface area contributed by atoms with Crippen molar-refractivity contribution in [3.63, 3.8) is 0 Å². The summed E-state index contributed by atoms with van der Waals surface area (Å²) >= 11 is 0.695. The van der Waals surface area contributed by atoms with Crippen LogP contribution in [0.15, 0.2) is 12.3 Å². The third-order valence-electron chi connectivity index (χ3n) is 7.14. The third kappa shape index (κ3) is 6.68. The molecule has 2 aromatic rings. The van der Waals surface area contributed by atoms with Gasteiger partial charge in [0.2, 0.25) is 0 Å². The van der Waals surface area contributed by atoms with Crippen molar-refractivity contribution in [1.29, 1.82) is 0 Å². The molecule has 214 valence electrons. The number of alkyl halides is 4. The predicted octanol–water partition coefficient (Wildman–Crippen LogP) is 5.11. The molecule has 0 aromatic carbocycles.